The van der Waals surface area contributed by atoms with Gasteiger partial charge in [-0.05, 0) is 48.1 Å². The number of aromatic nitrogens is 2. The summed E-state index contributed by atoms with van der Waals surface area (Å²) < 4.78 is 0. The summed E-state index contributed by atoms with van der Waals surface area (Å²) in [6.45, 7) is 0.184. The predicted molar refractivity (Wildman–Crippen MR) is 195 cm³/mol. The lowest BCUT2D eigenvalue weighted by molar-refractivity contribution is -0.142. The van der Waals surface area contributed by atoms with Crippen LogP contribution in [0.2, 0.25) is 0 Å². The first-order valence-electron chi connectivity index (χ1n) is 16.7. The van der Waals surface area contributed by atoms with E-state index in [9.17, 15) is 24.3 Å². The number of benzene rings is 3. The Labute approximate surface area is 294 Å². The summed E-state index contributed by atoms with van der Waals surface area (Å²) in [7, 11) is 0. The van der Waals surface area contributed by atoms with Crippen molar-refractivity contribution in [3.63, 3.8) is 0 Å². The number of carbonyl (C=O) groups is 4. The van der Waals surface area contributed by atoms with E-state index >= 15 is 0 Å². The first-order chi connectivity index (χ1) is 24.6. The number of aliphatic carboxylic acids is 1. The van der Waals surface area contributed by atoms with Crippen molar-refractivity contribution >= 4 is 51.5 Å². The van der Waals surface area contributed by atoms with Gasteiger partial charge in [0.15, 0.2) is 5.96 Å². The number of carbonyl (C=O) groups excluding carboxylic acids is 3. The number of aromatic amines is 2. The van der Waals surface area contributed by atoms with Crippen LogP contribution in [0.3, 0.4) is 0 Å². The Morgan fingerprint density at radius 3 is 1.76 bits per heavy atom. The van der Waals surface area contributed by atoms with E-state index in [1.165, 1.54) is 0 Å². The number of nitrogens with one attached hydrogen (secondary N) is 5. The van der Waals surface area contributed by atoms with Crippen molar-refractivity contribution in [1.29, 1.82) is 0 Å². The van der Waals surface area contributed by atoms with Gasteiger partial charge in [0, 0.05) is 53.6 Å². The molecule has 3 amide bonds. The minimum Gasteiger partial charge on any atom is -0.480 e. The summed E-state index contributed by atoms with van der Waals surface area (Å²) in [5.41, 5.74) is 21.3. The van der Waals surface area contributed by atoms with Gasteiger partial charge in [-0.1, -0.05) is 66.7 Å². The first kappa shape index (κ1) is 36.1. The van der Waals surface area contributed by atoms with Crippen LogP contribution in [-0.2, 0) is 38.4 Å². The Morgan fingerprint density at radius 2 is 1.18 bits per heavy atom. The molecule has 14 heteroatoms. The predicted octanol–water partition coefficient (Wildman–Crippen LogP) is 1.60. The van der Waals surface area contributed by atoms with Crippen LogP contribution in [0.1, 0.15) is 29.5 Å². The molecule has 2 aromatic heterocycles. The monoisotopic (exact) mass is 693 g/mol. The molecule has 2 heterocycles. The number of carboxylic acids is 1. The smallest absolute Gasteiger partial charge is 0.326 e. The third kappa shape index (κ3) is 9.73. The van der Waals surface area contributed by atoms with Crippen LogP contribution in [-0.4, -0.2) is 75.4 Å². The molecule has 0 aliphatic carbocycles. The highest BCUT2D eigenvalue weighted by Crippen LogP contribution is 2.21. The fourth-order valence-corrected chi connectivity index (χ4v) is 6.00. The molecule has 0 bridgehead atoms. The molecule has 0 aliphatic rings. The lowest BCUT2D eigenvalue weighted by Gasteiger charge is -2.25. The third-order valence-electron chi connectivity index (χ3n) is 8.66. The Morgan fingerprint density at radius 1 is 0.667 bits per heavy atom. The Kier molecular flexibility index (Phi) is 12.0. The van der Waals surface area contributed by atoms with Gasteiger partial charge >= 0.3 is 5.97 Å². The molecule has 3 aromatic carbocycles. The normalized spacial score (nSPS) is 13.5. The minimum absolute atomic E-state index is 0.0530. The zero-order chi connectivity index (χ0) is 36.3. The third-order valence-corrected chi connectivity index (χ3v) is 8.66. The van der Waals surface area contributed by atoms with Crippen LogP contribution in [0, 0.1) is 0 Å². The van der Waals surface area contributed by atoms with E-state index in [1.54, 1.807) is 30.5 Å². The second-order valence-electron chi connectivity index (χ2n) is 12.4. The molecule has 14 nitrogen and oxygen atoms in total. The molecule has 12 N–H and O–H groups in total. The summed E-state index contributed by atoms with van der Waals surface area (Å²) >= 11 is 0. The lowest BCUT2D eigenvalue weighted by Crippen LogP contribution is -2.58. The van der Waals surface area contributed by atoms with Crippen molar-refractivity contribution in [3.05, 3.63) is 108 Å². The molecule has 0 spiro atoms. The van der Waals surface area contributed by atoms with Crippen LogP contribution in [0.15, 0.2) is 96.2 Å². The molecular weight excluding hydrogens is 650 g/mol. The summed E-state index contributed by atoms with van der Waals surface area (Å²) in [6, 6.07) is 19.7. The standard InChI is InChI=1S/C37H43N9O5/c38-27(18-23-20-42-28-13-6-4-11-25(23)28)33(47)45-32(19-24-21-43-29-14-7-5-12-26(24)29)35(49)46-31(17-22-9-2-1-3-10-22)34(48)44-30(36(50)51)15-8-16-41-37(39)40/h1-7,9-14,20-21,27,30-32,42-43H,8,15-19,38H2,(H,44,48)(H,45,47)(H,46,49)(H,50,51)(H4,39,40,41). The van der Waals surface area contributed by atoms with Crippen LogP contribution in [0.5, 0.6) is 0 Å². The van der Waals surface area contributed by atoms with Gasteiger partial charge in [0.05, 0.1) is 6.04 Å². The van der Waals surface area contributed by atoms with Crippen molar-refractivity contribution in [2.75, 3.05) is 6.54 Å². The second kappa shape index (κ2) is 17.0. The maximum absolute atomic E-state index is 14.1. The van der Waals surface area contributed by atoms with Gasteiger partial charge < -0.3 is 48.2 Å². The molecule has 4 atom stereocenters. The fourth-order valence-electron chi connectivity index (χ4n) is 6.00. The van der Waals surface area contributed by atoms with Crippen molar-refractivity contribution in [3.8, 4) is 0 Å². The highest BCUT2D eigenvalue weighted by molar-refractivity contribution is 5.95. The lowest BCUT2D eigenvalue weighted by atomic mass is 10.0. The highest BCUT2D eigenvalue weighted by Gasteiger charge is 2.31. The number of guanidine groups is 1. The molecule has 0 aliphatic heterocycles. The molecule has 0 radical (unpaired) electrons. The SMILES string of the molecule is NC(N)=NCCCC(NC(=O)C(Cc1ccccc1)NC(=O)C(Cc1c[nH]c2ccccc12)NC(=O)C(N)Cc1c[nH]c2ccccc12)C(=O)O. The maximum atomic E-state index is 14.1. The quantitative estimate of drug-likeness (QED) is 0.0392. The number of aliphatic imine (C=N–C) groups is 1. The van der Waals surface area contributed by atoms with Gasteiger partial charge in [0.2, 0.25) is 17.7 Å². The Bertz CT molecular complexity index is 2000. The highest BCUT2D eigenvalue weighted by atomic mass is 16.4. The second-order valence-corrected chi connectivity index (χ2v) is 12.4. The van der Waals surface area contributed by atoms with Gasteiger partial charge in [-0.2, -0.15) is 0 Å². The number of nitrogens with zero attached hydrogens (tertiary/aromatic N) is 1. The van der Waals surface area contributed by atoms with Crippen LogP contribution in [0.25, 0.3) is 21.8 Å². The van der Waals surface area contributed by atoms with E-state index in [0.29, 0.717) is 6.42 Å². The number of rotatable bonds is 17. The zero-order valence-corrected chi connectivity index (χ0v) is 28.0. The molecule has 0 saturated carbocycles. The minimum atomic E-state index is -1.26. The summed E-state index contributed by atoms with van der Waals surface area (Å²) in [5.74, 6) is -3.24. The molecule has 51 heavy (non-hydrogen) atoms. The number of nitrogens with two attached hydrogens (primary N) is 3. The summed E-state index contributed by atoms with van der Waals surface area (Å²) in [4.78, 5) is 63.8. The van der Waals surface area contributed by atoms with Crippen molar-refractivity contribution in [2.24, 2.45) is 22.2 Å². The van der Waals surface area contributed by atoms with Crippen molar-refractivity contribution < 1.29 is 24.3 Å². The van der Waals surface area contributed by atoms with E-state index in [4.69, 9.17) is 17.2 Å². The molecule has 5 aromatic rings. The number of fused-ring (bicyclic) bond motifs is 2. The van der Waals surface area contributed by atoms with E-state index in [0.717, 1.165) is 38.5 Å². The van der Waals surface area contributed by atoms with Crippen LogP contribution in [0.4, 0.5) is 0 Å². The van der Waals surface area contributed by atoms with Gasteiger partial charge in [0.1, 0.15) is 18.1 Å². The van der Waals surface area contributed by atoms with Gasteiger partial charge in [-0.3, -0.25) is 19.4 Å². The molecule has 4 unspecified atom stereocenters. The molecule has 266 valence electrons. The summed E-state index contributed by atoms with van der Waals surface area (Å²) in [5, 5.41) is 19.9. The number of H-pyrrole nitrogens is 2. The van der Waals surface area contributed by atoms with Crippen molar-refractivity contribution in [2.45, 2.75) is 56.3 Å². The molecule has 0 fully saturated rings. The average Bonchev–Trinajstić information content (AvgIpc) is 3.73. The number of para-hydroxylation sites is 2. The van der Waals surface area contributed by atoms with E-state index in [-0.39, 0.29) is 38.2 Å². The van der Waals surface area contributed by atoms with Crippen molar-refractivity contribution in [1.82, 2.24) is 25.9 Å². The Balaban J connectivity index is 1.37. The number of amides is 3. The first-order valence-corrected chi connectivity index (χ1v) is 16.7. The maximum Gasteiger partial charge on any atom is 0.326 e. The number of carboxylic acid groups (broad SMARTS) is 1. The van der Waals surface area contributed by atoms with Gasteiger partial charge in [0.25, 0.3) is 0 Å². The summed E-state index contributed by atoms with van der Waals surface area (Å²) in [6.07, 6.45) is 4.30. The largest absolute Gasteiger partial charge is 0.480 e. The Hall–Kier alpha value is -6.15. The molecule has 0 saturated heterocycles. The zero-order valence-electron chi connectivity index (χ0n) is 28.0. The fraction of sp³-hybridized carbons (Fsp3) is 0.270. The topological polar surface area (TPSA) is 247 Å². The number of hydrogen-bond donors (Lipinski definition) is 9. The number of hydrogen-bond acceptors (Lipinski definition) is 6. The van der Waals surface area contributed by atoms with Gasteiger partial charge in [-0.25, -0.2) is 4.79 Å². The molecular formula is C37H43N9O5. The molecule has 5 rings (SSSR count). The van der Waals surface area contributed by atoms with Crippen LogP contribution < -0.4 is 33.2 Å². The van der Waals surface area contributed by atoms with E-state index in [1.807, 2.05) is 60.8 Å². The van der Waals surface area contributed by atoms with Crippen LogP contribution >= 0.6 is 0 Å². The van der Waals surface area contributed by atoms with Gasteiger partial charge in [-0.15, -0.1) is 0 Å². The van der Waals surface area contributed by atoms with E-state index < -0.39 is 47.9 Å². The van der Waals surface area contributed by atoms with E-state index in [2.05, 4.69) is 30.9 Å². The average molecular weight is 694 g/mol.